The summed E-state index contributed by atoms with van der Waals surface area (Å²) in [4.78, 5) is 10.7. The van der Waals surface area contributed by atoms with E-state index in [0.717, 1.165) is 57.7 Å². The van der Waals surface area contributed by atoms with Gasteiger partial charge in [-0.15, -0.1) is 0 Å². The van der Waals surface area contributed by atoms with E-state index >= 15 is 0 Å². The Balaban J connectivity index is 1.69. The maximum Gasteiger partial charge on any atom is 0.155 e. The highest BCUT2D eigenvalue weighted by atomic mass is 32.2. The molecule has 1 atom stereocenters. The molecule has 0 aromatic rings. The Morgan fingerprint density at radius 3 is 1.89 bits per heavy atom. The summed E-state index contributed by atoms with van der Waals surface area (Å²) in [6.45, 7) is 0. The molecule has 4 nitrogen and oxygen atoms in total. The van der Waals surface area contributed by atoms with E-state index in [1.54, 1.807) is 0 Å². The second kappa shape index (κ2) is 6.78. The molecule has 2 saturated carbocycles. The van der Waals surface area contributed by atoms with Crippen molar-refractivity contribution in [2.75, 3.05) is 0 Å². The van der Waals surface area contributed by atoms with Gasteiger partial charge >= 0.3 is 0 Å². The predicted molar refractivity (Wildman–Crippen MR) is 69.7 cm³/mol. The van der Waals surface area contributed by atoms with Crippen LogP contribution in [0.25, 0.3) is 0 Å². The van der Waals surface area contributed by atoms with Crippen LogP contribution in [0.4, 0.5) is 0 Å². The van der Waals surface area contributed by atoms with E-state index in [-0.39, 0.29) is 17.3 Å². The maximum absolute atomic E-state index is 11.0. The predicted octanol–water partition coefficient (Wildman–Crippen LogP) is 2.29. The molecule has 0 aromatic carbocycles. The first kappa shape index (κ1) is 14.2. The van der Waals surface area contributed by atoms with E-state index in [9.17, 15) is 9.00 Å². The molecule has 104 valence electrons. The first-order chi connectivity index (χ1) is 8.69. The molecule has 0 amide bonds. The SMILES string of the molecule is O=CC1CCC(OC2CCC(S(=O)O)CC2)CC1. The number of ether oxygens (including phenoxy) is 1. The van der Waals surface area contributed by atoms with Crippen molar-refractivity contribution in [1.82, 2.24) is 0 Å². The van der Waals surface area contributed by atoms with Crippen molar-refractivity contribution < 1.29 is 18.3 Å². The van der Waals surface area contributed by atoms with Gasteiger partial charge in [0, 0.05) is 5.92 Å². The van der Waals surface area contributed by atoms with E-state index in [1.807, 2.05) is 0 Å². The molecule has 2 aliphatic carbocycles. The van der Waals surface area contributed by atoms with E-state index in [2.05, 4.69) is 0 Å². The summed E-state index contributed by atoms with van der Waals surface area (Å²) in [7, 11) is 0. The van der Waals surface area contributed by atoms with Gasteiger partial charge in [-0.05, 0) is 51.4 Å². The lowest BCUT2D eigenvalue weighted by Gasteiger charge is -2.32. The fraction of sp³-hybridized carbons (Fsp3) is 0.923. The van der Waals surface area contributed by atoms with Crippen LogP contribution >= 0.6 is 0 Å². The quantitative estimate of drug-likeness (QED) is 0.631. The highest BCUT2D eigenvalue weighted by Gasteiger charge is 2.28. The van der Waals surface area contributed by atoms with Gasteiger partial charge in [0.2, 0.25) is 0 Å². The molecule has 2 aliphatic rings. The Morgan fingerprint density at radius 2 is 1.44 bits per heavy atom. The van der Waals surface area contributed by atoms with Crippen LogP contribution in [-0.2, 0) is 20.6 Å². The molecule has 0 aliphatic heterocycles. The molecule has 0 bridgehead atoms. The first-order valence-corrected chi connectivity index (χ1v) is 8.06. The summed E-state index contributed by atoms with van der Waals surface area (Å²) in [5, 5.41) is -0.0596. The first-order valence-electron chi connectivity index (χ1n) is 6.89. The van der Waals surface area contributed by atoms with Gasteiger partial charge in [-0.1, -0.05) is 0 Å². The lowest BCUT2D eigenvalue weighted by molar-refractivity contribution is -0.113. The molecule has 0 heterocycles. The van der Waals surface area contributed by atoms with Crippen molar-refractivity contribution in [3.63, 3.8) is 0 Å². The largest absolute Gasteiger partial charge is 0.375 e. The van der Waals surface area contributed by atoms with Crippen LogP contribution in [0.15, 0.2) is 0 Å². The number of rotatable bonds is 4. The third kappa shape index (κ3) is 3.87. The fourth-order valence-corrected chi connectivity index (χ4v) is 3.68. The van der Waals surface area contributed by atoms with Crippen LogP contribution in [0.2, 0.25) is 0 Å². The van der Waals surface area contributed by atoms with Crippen molar-refractivity contribution in [3.05, 3.63) is 0 Å². The van der Waals surface area contributed by atoms with E-state index in [1.165, 1.54) is 0 Å². The Bertz CT molecular complexity index is 291. The van der Waals surface area contributed by atoms with Gasteiger partial charge < -0.3 is 14.1 Å². The maximum atomic E-state index is 11.0. The minimum atomic E-state index is -1.67. The molecule has 0 aromatic heterocycles. The topological polar surface area (TPSA) is 63.6 Å². The average Bonchev–Trinajstić information content (AvgIpc) is 2.40. The van der Waals surface area contributed by atoms with Crippen LogP contribution in [0.3, 0.4) is 0 Å². The number of carbonyl (C=O) groups is 1. The van der Waals surface area contributed by atoms with Crippen LogP contribution in [-0.4, -0.2) is 32.5 Å². The van der Waals surface area contributed by atoms with Gasteiger partial charge in [-0.2, -0.15) is 0 Å². The van der Waals surface area contributed by atoms with Gasteiger partial charge in [0.05, 0.1) is 17.5 Å². The zero-order chi connectivity index (χ0) is 13.0. The summed E-state index contributed by atoms with van der Waals surface area (Å²) < 4.78 is 26.1. The molecule has 0 spiro atoms. The van der Waals surface area contributed by atoms with Gasteiger partial charge in [-0.3, -0.25) is 0 Å². The van der Waals surface area contributed by atoms with E-state index < -0.39 is 11.1 Å². The van der Waals surface area contributed by atoms with Crippen molar-refractivity contribution in [2.45, 2.75) is 68.8 Å². The van der Waals surface area contributed by atoms with Crippen LogP contribution < -0.4 is 0 Å². The molecule has 5 heteroatoms. The molecule has 1 unspecified atom stereocenters. The van der Waals surface area contributed by atoms with Crippen LogP contribution in [0.1, 0.15) is 51.4 Å². The summed E-state index contributed by atoms with van der Waals surface area (Å²) in [5.41, 5.74) is 0. The van der Waals surface area contributed by atoms with Gasteiger partial charge in [0.25, 0.3) is 0 Å². The average molecular weight is 274 g/mol. The number of carbonyl (C=O) groups excluding carboxylic acids is 1. The van der Waals surface area contributed by atoms with Crippen LogP contribution in [0, 0.1) is 5.92 Å². The Kier molecular flexibility index (Phi) is 5.33. The standard InChI is InChI=1S/C13H22O4S/c14-9-10-1-3-11(4-2-10)17-12-5-7-13(8-6-12)18(15)16/h9-13H,1-8H2,(H,15,16). The van der Waals surface area contributed by atoms with E-state index in [0.29, 0.717) is 6.10 Å². The summed E-state index contributed by atoms with van der Waals surface area (Å²) in [6, 6.07) is 0. The third-order valence-corrected chi connectivity index (χ3v) is 5.24. The number of aldehydes is 1. The zero-order valence-corrected chi connectivity index (χ0v) is 11.4. The van der Waals surface area contributed by atoms with Gasteiger partial charge in [0.15, 0.2) is 11.1 Å². The minimum absolute atomic E-state index is 0.0596. The van der Waals surface area contributed by atoms with Crippen molar-refractivity contribution in [1.29, 1.82) is 0 Å². The van der Waals surface area contributed by atoms with Gasteiger partial charge in [0.1, 0.15) is 6.29 Å². The second-order valence-electron chi connectivity index (χ2n) is 5.48. The smallest absolute Gasteiger partial charge is 0.155 e. The van der Waals surface area contributed by atoms with E-state index in [4.69, 9.17) is 9.29 Å². The molecule has 2 rings (SSSR count). The fourth-order valence-electron chi connectivity index (χ4n) is 3.00. The summed E-state index contributed by atoms with van der Waals surface area (Å²) >= 11 is -1.67. The number of hydrogen-bond donors (Lipinski definition) is 1. The molecule has 0 radical (unpaired) electrons. The molecule has 2 fully saturated rings. The normalized spacial score (nSPS) is 39.2. The summed E-state index contributed by atoms with van der Waals surface area (Å²) in [6.07, 6.45) is 8.84. The highest BCUT2D eigenvalue weighted by molar-refractivity contribution is 7.79. The molecule has 0 saturated heterocycles. The monoisotopic (exact) mass is 274 g/mol. The van der Waals surface area contributed by atoms with Gasteiger partial charge in [-0.25, -0.2) is 4.21 Å². The molecule has 1 N–H and O–H groups in total. The second-order valence-corrected chi connectivity index (χ2v) is 6.70. The summed E-state index contributed by atoms with van der Waals surface area (Å²) in [5.74, 6) is 0.234. The lowest BCUT2D eigenvalue weighted by atomic mass is 9.88. The lowest BCUT2D eigenvalue weighted by Crippen LogP contribution is -2.32. The van der Waals surface area contributed by atoms with Crippen molar-refractivity contribution in [3.8, 4) is 0 Å². The minimum Gasteiger partial charge on any atom is -0.375 e. The molecular formula is C13H22O4S. The van der Waals surface area contributed by atoms with Crippen molar-refractivity contribution in [2.24, 2.45) is 5.92 Å². The molecular weight excluding hydrogens is 252 g/mol. The van der Waals surface area contributed by atoms with Crippen LogP contribution in [0.5, 0.6) is 0 Å². The van der Waals surface area contributed by atoms with Crippen molar-refractivity contribution >= 4 is 17.4 Å². The Morgan fingerprint density at radius 1 is 0.944 bits per heavy atom. The zero-order valence-electron chi connectivity index (χ0n) is 10.6. The number of hydrogen-bond acceptors (Lipinski definition) is 3. The third-order valence-electron chi connectivity index (χ3n) is 4.20. The Hall–Kier alpha value is -0.260. The molecule has 18 heavy (non-hydrogen) atoms. The highest BCUT2D eigenvalue weighted by Crippen LogP contribution is 2.30. The Labute approximate surface area is 111 Å².